The lowest BCUT2D eigenvalue weighted by Gasteiger charge is -2.42. The van der Waals surface area contributed by atoms with Gasteiger partial charge in [-0.25, -0.2) is 0 Å². The molecule has 0 radical (unpaired) electrons. The fourth-order valence-corrected chi connectivity index (χ4v) is 13.0. The molecule has 93 heavy (non-hydrogen) atoms. The van der Waals surface area contributed by atoms with Gasteiger partial charge in [-0.05, 0) is 52.2 Å². The maximum atomic E-state index is 15.1. The van der Waals surface area contributed by atoms with E-state index in [4.69, 9.17) is 56.8 Å². The Labute approximate surface area is 545 Å². The minimum absolute atomic E-state index is 0.00963. The molecular formula is C60H106O32S. The van der Waals surface area contributed by atoms with Gasteiger partial charge in [-0.3, -0.25) is 19.2 Å². The number of esters is 4. The van der Waals surface area contributed by atoms with Gasteiger partial charge in [0.1, 0.15) is 124 Å². The van der Waals surface area contributed by atoms with Gasteiger partial charge in [-0.1, -0.05) is 71.6 Å². The fraction of sp³-hybridized carbons (Fsp3) is 0.933. The Morgan fingerprint density at radius 3 is 1.01 bits per heavy atom. The third kappa shape index (κ3) is 24.3. The second-order valence-electron chi connectivity index (χ2n) is 25.2. The monoisotopic (exact) mass is 1370 g/mol. The number of thioether (sulfide) groups is 1. The Kier molecular flexibility index (Phi) is 36.4. The van der Waals surface area contributed by atoms with Crippen LogP contribution in [0.1, 0.15) is 118 Å². The zero-order valence-electron chi connectivity index (χ0n) is 53.8. The summed E-state index contributed by atoms with van der Waals surface area (Å²) in [4.78, 5) is 58.7. The van der Waals surface area contributed by atoms with E-state index in [9.17, 15) is 96.1 Å². The van der Waals surface area contributed by atoms with E-state index in [1.54, 1.807) is 0 Å². The Bertz CT molecular complexity index is 2150. The van der Waals surface area contributed by atoms with Gasteiger partial charge in [0.15, 0.2) is 25.2 Å². The van der Waals surface area contributed by atoms with E-state index >= 15 is 4.79 Å². The first kappa shape index (κ1) is 82.7. The highest BCUT2D eigenvalue weighted by atomic mass is 32.2. The zero-order valence-corrected chi connectivity index (χ0v) is 54.6. The van der Waals surface area contributed by atoms with Crippen molar-refractivity contribution in [1.82, 2.24) is 0 Å². The van der Waals surface area contributed by atoms with Crippen LogP contribution in [0.5, 0.6) is 0 Å². The van der Waals surface area contributed by atoms with Crippen LogP contribution in [-0.2, 0) is 76.0 Å². The molecule has 0 aliphatic carbocycles. The van der Waals surface area contributed by atoms with E-state index in [0.717, 1.165) is 44.9 Å². The molecule has 0 bridgehead atoms. The van der Waals surface area contributed by atoms with Crippen molar-refractivity contribution in [2.75, 3.05) is 90.8 Å². The van der Waals surface area contributed by atoms with Gasteiger partial charge in [0, 0.05) is 5.75 Å². The van der Waals surface area contributed by atoms with Crippen LogP contribution in [0.2, 0.25) is 0 Å². The highest BCUT2D eigenvalue weighted by molar-refractivity contribution is 7.99. The van der Waals surface area contributed by atoms with Crippen molar-refractivity contribution < 1.29 is 158 Å². The topological polar surface area (TPSA) is 503 Å². The van der Waals surface area contributed by atoms with E-state index in [2.05, 4.69) is 6.92 Å². The van der Waals surface area contributed by atoms with Crippen molar-refractivity contribution in [1.29, 1.82) is 0 Å². The van der Waals surface area contributed by atoms with E-state index in [-0.39, 0.29) is 5.75 Å². The van der Waals surface area contributed by atoms with Gasteiger partial charge in [0.05, 0.1) is 75.0 Å². The van der Waals surface area contributed by atoms with Gasteiger partial charge < -0.3 is 139 Å². The molecule has 4 heterocycles. The van der Waals surface area contributed by atoms with E-state index in [0.29, 0.717) is 5.75 Å². The standard InChI is InChI=1S/C60H106O32S/c1-6-7-8-9-10-11-12-13-14-15-24-93-32-60(5,57(80)88-23-20-85-54-49(76)45(72)41(68)37(29-64)92-54)31-59(4,56(79)87-22-19-84-53-48(75)44(71)40(67)36(28-63)91-53)30-58(3,55(78)86-21-18-83-52-47(74)43(70)39(66)35(27-62)90-52)25-33(2)50(77)81-16-17-82-51-46(73)42(69)38(65)34(26-61)89-51/h33-49,51-54,61-76H,6-32H2,1-5H3/t33?,34-,35-,36-,37-,38-,39-,40-,41-,42+,43+,44+,45+,46-,47-,48-,49-,51-,52-,53-,54-,58?,59?,60?/m1/s1. The molecule has 4 unspecified atom stereocenters. The third-order valence-electron chi connectivity index (χ3n) is 17.1. The van der Waals surface area contributed by atoms with Crippen LogP contribution in [0.4, 0.5) is 0 Å². The molecule has 0 saturated carbocycles. The van der Waals surface area contributed by atoms with Gasteiger partial charge in [0.25, 0.3) is 0 Å². The van der Waals surface area contributed by atoms with Crippen LogP contribution < -0.4 is 0 Å². The third-order valence-corrected chi connectivity index (χ3v) is 18.5. The van der Waals surface area contributed by atoms with Crippen molar-refractivity contribution in [3.8, 4) is 0 Å². The number of unbranched alkanes of at least 4 members (excludes halogenated alkanes) is 9. The first-order valence-electron chi connectivity index (χ1n) is 32.0. The number of hydrogen-bond donors (Lipinski definition) is 16. The van der Waals surface area contributed by atoms with Gasteiger partial charge >= 0.3 is 23.9 Å². The number of aliphatic hydroxyl groups is 16. The number of aliphatic hydroxyl groups excluding tert-OH is 16. The predicted molar refractivity (Wildman–Crippen MR) is 319 cm³/mol. The molecule has 4 aliphatic rings. The largest absolute Gasteiger partial charge is 0.463 e. The normalized spacial score (nSPS) is 33.9. The average Bonchev–Trinajstić information content (AvgIpc) is 1.19. The number of carbonyl (C=O) groups is 4. The van der Waals surface area contributed by atoms with Crippen LogP contribution in [0.25, 0.3) is 0 Å². The Hall–Kier alpha value is -2.73. The fourth-order valence-electron chi connectivity index (χ4n) is 11.8. The minimum Gasteiger partial charge on any atom is -0.463 e. The van der Waals surface area contributed by atoms with Crippen molar-refractivity contribution in [2.45, 2.75) is 241 Å². The van der Waals surface area contributed by atoms with Gasteiger partial charge in [-0.2, -0.15) is 11.8 Å². The SMILES string of the molecule is CCCCCCCCCCCCSCC(C)(CC(C)(CC(C)(CC(C)C(=O)OCCO[C@@H]1O[C@H](CO)[C@@H](O)[C@H](O)[C@H]1O)C(=O)OCCO[C@@H]1O[C@H](CO)[C@@H](O)[C@H](O)[C@H]1O)C(=O)OCCO[C@@H]1O[C@H](CO)[C@@H](O)[C@H](O)[C@H]1O)C(=O)OCCO[C@@H]1O[C@H](CO)[C@@H](O)[C@H](O)[C@H]1O. The molecule has 0 amide bonds. The average molecular weight is 1370 g/mol. The molecule has 0 aromatic carbocycles. The summed E-state index contributed by atoms with van der Waals surface area (Å²) in [5.41, 5.74) is -5.64. The molecule has 0 aromatic rings. The molecule has 0 spiro atoms. The summed E-state index contributed by atoms with van der Waals surface area (Å²) in [6, 6.07) is 0. The van der Waals surface area contributed by atoms with Crippen molar-refractivity contribution >= 4 is 35.6 Å². The second-order valence-corrected chi connectivity index (χ2v) is 26.3. The first-order chi connectivity index (χ1) is 44.1. The highest BCUT2D eigenvalue weighted by Crippen LogP contribution is 2.48. The molecule has 24 atom stereocenters. The predicted octanol–water partition coefficient (Wildman–Crippen LogP) is -4.10. The first-order valence-corrected chi connectivity index (χ1v) is 33.2. The second kappa shape index (κ2) is 41.0. The van der Waals surface area contributed by atoms with Crippen LogP contribution in [0.15, 0.2) is 0 Å². The smallest absolute Gasteiger partial charge is 0.312 e. The van der Waals surface area contributed by atoms with E-state index in [1.807, 2.05) is 0 Å². The number of hydrogen-bond acceptors (Lipinski definition) is 33. The maximum Gasteiger partial charge on any atom is 0.312 e. The number of ether oxygens (including phenoxy) is 12. The Balaban J connectivity index is 1.67. The molecule has 4 aliphatic heterocycles. The summed E-state index contributed by atoms with van der Waals surface area (Å²) < 4.78 is 66.8. The van der Waals surface area contributed by atoms with Crippen molar-refractivity contribution in [2.24, 2.45) is 22.2 Å². The number of carbonyl (C=O) groups excluding carboxylic acids is 4. The summed E-state index contributed by atoms with van der Waals surface area (Å²) in [6.07, 6.45) is -23.8. The maximum absolute atomic E-state index is 15.1. The Morgan fingerprint density at radius 2 is 0.677 bits per heavy atom. The summed E-state index contributed by atoms with van der Waals surface area (Å²) in [5.74, 6) is -4.66. The highest BCUT2D eigenvalue weighted by Gasteiger charge is 2.54. The molecule has 0 aromatic heterocycles. The van der Waals surface area contributed by atoms with Gasteiger partial charge in [0.2, 0.25) is 0 Å². The van der Waals surface area contributed by atoms with Gasteiger partial charge in [-0.15, -0.1) is 0 Å². The quantitative estimate of drug-likeness (QED) is 0.0157. The van der Waals surface area contributed by atoms with Crippen LogP contribution >= 0.6 is 11.8 Å². The molecule has 16 N–H and O–H groups in total. The summed E-state index contributed by atoms with van der Waals surface area (Å²) in [7, 11) is 0. The molecule has 33 heteroatoms. The lowest BCUT2D eigenvalue weighted by molar-refractivity contribution is -0.302. The number of rotatable bonds is 43. The zero-order chi connectivity index (χ0) is 69.2. The summed E-state index contributed by atoms with van der Waals surface area (Å²) in [6.45, 7) is 0.564. The van der Waals surface area contributed by atoms with E-state index < -0.39 is 267 Å². The van der Waals surface area contributed by atoms with Crippen molar-refractivity contribution in [3.63, 3.8) is 0 Å². The molecular weight excluding hydrogens is 1260 g/mol. The van der Waals surface area contributed by atoms with Crippen molar-refractivity contribution in [3.05, 3.63) is 0 Å². The minimum atomic E-state index is -2.00. The molecule has 4 saturated heterocycles. The summed E-state index contributed by atoms with van der Waals surface area (Å²) in [5, 5.41) is 163. The van der Waals surface area contributed by atoms with Crippen LogP contribution in [0.3, 0.4) is 0 Å². The lowest BCUT2D eigenvalue weighted by atomic mass is 9.64. The molecule has 4 fully saturated rings. The molecule has 32 nitrogen and oxygen atoms in total. The van der Waals surface area contributed by atoms with Crippen LogP contribution in [-0.4, -0.2) is 319 Å². The lowest BCUT2D eigenvalue weighted by Crippen LogP contribution is -2.59. The summed E-state index contributed by atoms with van der Waals surface area (Å²) >= 11 is 1.38. The van der Waals surface area contributed by atoms with E-state index in [1.165, 1.54) is 58.7 Å². The Morgan fingerprint density at radius 1 is 0.387 bits per heavy atom. The molecule has 544 valence electrons. The van der Waals surface area contributed by atoms with Crippen LogP contribution in [0, 0.1) is 22.2 Å². The molecule has 4 rings (SSSR count).